The second-order valence-electron chi connectivity index (χ2n) is 16.3. The van der Waals surface area contributed by atoms with Crippen LogP contribution in [0.25, 0.3) is 21.8 Å². The van der Waals surface area contributed by atoms with Crippen LogP contribution in [0.4, 0.5) is 4.79 Å². The van der Waals surface area contributed by atoms with E-state index in [4.69, 9.17) is 33.2 Å². The van der Waals surface area contributed by atoms with Crippen LogP contribution in [-0.2, 0) is 15.9 Å². The van der Waals surface area contributed by atoms with Crippen molar-refractivity contribution >= 4 is 27.9 Å². The SMILES string of the molecule is COc1ccc(CCOC2CCCC[C@H]2N2CC[C@@H](OC(=O)NCCCCN(CCOc3ccccc3OC)CC(O)COc3cccc4[nH]c5ccccc5c34)C2)cc1OC. The molecule has 62 heavy (non-hydrogen) atoms. The number of aromatic nitrogens is 1. The first-order chi connectivity index (χ1) is 30.4. The number of rotatable bonds is 23. The number of likely N-dealkylation sites (tertiary alicyclic amines) is 1. The van der Waals surface area contributed by atoms with Crippen LogP contribution in [0.5, 0.6) is 28.7 Å². The molecule has 1 aromatic heterocycles. The van der Waals surface area contributed by atoms with Gasteiger partial charge in [0, 0.05) is 55.1 Å². The molecule has 5 aromatic rings. The lowest BCUT2D eigenvalue weighted by Crippen LogP contribution is -2.46. The number of alkyl carbamates (subject to hydrolysis) is 1. The Morgan fingerprint density at radius 1 is 0.806 bits per heavy atom. The van der Waals surface area contributed by atoms with Crippen LogP contribution >= 0.6 is 0 Å². The minimum Gasteiger partial charge on any atom is -0.493 e. The van der Waals surface area contributed by atoms with Crippen molar-refractivity contribution in [3.63, 3.8) is 0 Å². The monoisotopic (exact) mass is 852 g/mol. The number of nitrogens with one attached hydrogen (secondary N) is 2. The van der Waals surface area contributed by atoms with Crippen molar-refractivity contribution in [3.8, 4) is 28.7 Å². The highest BCUT2D eigenvalue weighted by atomic mass is 16.6. The van der Waals surface area contributed by atoms with Gasteiger partial charge in [-0.1, -0.05) is 55.3 Å². The van der Waals surface area contributed by atoms with Gasteiger partial charge in [-0.05, 0) is 93.1 Å². The second-order valence-corrected chi connectivity index (χ2v) is 16.3. The molecule has 13 heteroatoms. The third-order valence-electron chi connectivity index (χ3n) is 12.1. The number of para-hydroxylation sites is 3. The van der Waals surface area contributed by atoms with Crippen molar-refractivity contribution in [2.75, 3.05) is 80.4 Å². The molecule has 1 amide bonds. The van der Waals surface area contributed by atoms with E-state index in [1.807, 2.05) is 66.7 Å². The average molecular weight is 853 g/mol. The Hall–Kier alpha value is -5.21. The first kappa shape index (κ1) is 44.8. The number of carbonyl (C=O) groups is 1. The quantitative estimate of drug-likeness (QED) is 0.0561. The van der Waals surface area contributed by atoms with Gasteiger partial charge in [-0.15, -0.1) is 0 Å². The molecule has 2 heterocycles. The van der Waals surface area contributed by atoms with Gasteiger partial charge >= 0.3 is 6.09 Å². The van der Waals surface area contributed by atoms with E-state index in [-0.39, 0.29) is 24.9 Å². The van der Waals surface area contributed by atoms with Gasteiger partial charge in [-0.3, -0.25) is 9.80 Å². The highest BCUT2D eigenvalue weighted by Gasteiger charge is 2.36. The summed E-state index contributed by atoms with van der Waals surface area (Å²) in [5.41, 5.74) is 3.19. The fraction of sp³-hybridized carbons (Fsp3) is 0.490. The van der Waals surface area contributed by atoms with E-state index in [0.29, 0.717) is 56.9 Å². The molecule has 1 aliphatic carbocycles. The van der Waals surface area contributed by atoms with E-state index in [2.05, 4.69) is 38.3 Å². The summed E-state index contributed by atoms with van der Waals surface area (Å²) in [7, 11) is 4.93. The first-order valence-electron chi connectivity index (χ1n) is 22.2. The van der Waals surface area contributed by atoms with E-state index < -0.39 is 6.10 Å². The highest BCUT2D eigenvalue weighted by Crippen LogP contribution is 2.34. The number of benzene rings is 4. The number of ether oxygens (including phenoxy) is 7. The molecule has 2 unspecified atom stereocenters. The first-order valence-corrected chi connectivity index (χ1v) is 22.2. The number of hydrogen-bond donors (Lipinski definition) is 3. The molecule has 334 valence electrons. The van der Waals surface area contributed by atoms with Gasteiger partial charge in [0.1, 0.15) is 31.2 Å². The van der Waals surface area contributed by atoms with Crippen molar-refractivity contribution in [1.82, 2.24) is 20.1 Å². The summed E-state index contributed by atoms with van der Waals surface area (Å²) in [6, 6.07) is 28.0. The number of amides is 1. The van der Waals surface area contributed by atoms with Crippen LogP contribution < -0.4 is 29.0 Å². The lowest BCUT2D eigenvalue weighted by Gasteiger charge is -2.37. The Bertz CT molecular complexity index is 2160. The molecule has 7 rings (SSSR count). The van der Waals surface area contributed by atoms with Crippen LogP contribution in [0.3, 0.4) is 0 Å². The van der Waals surface area contributed by atoms with E-state index in [9.17, 15) is 9.90 Å². The summed E-state index contributed by atoms with van der Waals surface area (Å²) in [6.07, 6.45) is 6.58. The van der Waals surface area contributed by atoms with Crippen molar-refractivity contribution in [1.29, 1.82) is 0 Å². The standard InChI is InChI=1S/C49H64N4O9/c1-56-43-18-8-9-19-45(43)60-30-28-52(32-36(54)34-61-46-20-12-15-40-48(46)38-13-4-5-14-39(38)51-40)26-11-10-25-50-49(55)62-37-23-27-53(33-37)41-16-6-7-17-42(41)59-29-24-35-21-22-44(57-2)47(31-35)58-3/h4-5,8-9,12-15,18-22,31,36-37,41-42,51,54H,6-7,10-11,16-17,23-30,32-34H2,1-3H3,(H,50,55)/t36?,37-,41-,42?/m1/s1. The van der Waals surface area contributed by atoms with E-state index in [1.54, 1.807) is 21.3 Å². The zero-order chi connectivity index (χ0) is 43.1. The molecule has 1 saturated heterocycles. The number of unbranched alkanes of at least 4 members (excludes halogenated alkanes) is 1. The summed E-state index contributed by atoms with van der Waals surface area (Å²) in [5.74, 6) is 3.54. The van der Waals surface area contributed by atoms with Crippen molar-refractivity contribution in [3.05, 3.63) is 90.5 Å². The molecule has 0 spiro atoms. The summed E-state index contributed by atoms with van der Waals surface area (Å²) >= 11 is 0. The molecule has 4 atom stereocenters. The smallest absolute Gasteiger partial charge is 0.407 e. The molecule has 0 bridgehead atoms. The molecule has 1 aliphatic heterocycles. The van der Waals surface area contributed by atoms with Gasteiger partial charge in [0.25, 0.3) is 0 Å². The van der Waals surface area contributed by atoms with Gasteiger partial charge in [0.15, 0.2) is 23.0 Å². The predicted molar refractivity (Wildman–Crippen MR) is 241 cm³/mol. The Morgan fingerprint density at radius 2 is 1.56 bits per heavy atom. The van der Waals surface area contributed by atoms with Crippen LogP contribution in [0.2, 0.25) is 0 Å². The molecule has 4 aromatic carbocycles. The minimum absolute atomic E-state index is 0.142. The lowest BCUT2D eigenvalue weighted by atomic mass is 9.91. The zero-order valence-electron chi connectivity index (χ0n) is 36.5. The molecular formula is C49H64N4O9. The summed E-state index contributed by atoms with van der Waals surface area (Å²) in [5, 5.41) is 16.3. The molecule has 0 radical (unpaired) electrons. The van der Waals surface area contributed by atoms with E-state index in [1.165, 1.54) is 12.8 Å². The van der Waals surface area contributed by atoms with Gasteiger partial charge in [0.05, 0.1) is 39.6 Å². The molecule has 3 N–H and O–H groups in total. The topological polar surface area (TPSA) is 136 Å². The molecule has 1 saturated carbocycles. The van der Waals surface area contributed by atoms with Crippen LogP contribution in [0.15, 0.2) is 84.9 Å². The molecule has 2 aliphatic rings. The zero-order valence-corrected chi connectivity index (χ0v) is 36.5. The summed E-state index contributed by atoms with van der Waals surface area (Å²) in [6.45, 7) is 5.01. The fourth-order valence-electron chi connectivity index (χ4n) is 8.89. The van der Waals surface area contributed by atoms with Gasteiger partial charge < -0.3 is 48.6 Å². The predicted octanol–water partition coefficient (Wildman–Crippen LogP) is 7.62. The highest BCUT2D eigenvalue weighted by molar-refractivity contribution is 6.10. The number of nitrogens with zero attached hydrogens (tertiary/aromatic N) is 2. The summed E-state index contributed by atoms with van der Waals surface area (Å²) < 4.78 is 41.1. The third kappa shape index (κ3) is 12.0. The van der Waals surface area contributed by atoms with Crippen LogP contribution in [0.1, 0.15) is 50.5 Å². The Balaban J connectivity index is 0.841. The van der Waals surface area contributed by atoms with Crippen molar-refractivity contribution in [2.24, 2.45) is 0 Å². The Labute approximate surface area is 365 Å². The number of aliphatic hydroxyl groups excluding tert-OH is 1. The van der Waals surface area contributed by atoms with Crippen LogP contribution in [0, 0.1) is 0 Å². The van der Waals surface area contributed by atoms with E-state index >= 15 is 0 Å². The molecule has 2 fully saturated rings. The van der Waals surface area contributed by atoms with Crippen molar-refractivity contribution < 1.29 is 43.1 Å². The van der Waals surface area contributed by atoms with Crippen molar-refractivity contribution in [2.45, 2.75) is 75.7 Å². The molecular weight excluding hydrogens is 789 g/mol. The second kappa shape index (κ2) is 22.8. The van der Waals surface area contributed by atoms with E-state index in [0.717, 1.165) is 96.2 Å². The van der Waals surface area contributed by atoms with Gasteiger partial charge in [-0.2, -0.15) is 0 Å². The molecule has 13 nitrogen and oxygen atoms in total. The number of fused-ring (bicyclic) bond motifs is 3. The Kier molecular flexibility index (Phi) is 16.5. The Morgan fingerprint density at radius 3 is 2.42 bits per heavy atom. The third-order valence-corrected chi connectivity index (χ3v) is 12.1. The van der Waals surface area contributed by atoms with Gasteiger partial charge in [-0.25, -0.2) is 4.79 Å². The largest absolute Gasteiger partial charge is 0.493 e. The minimum atomic E-state index is -0.736. The van der Waals surface area contributed by atoms with Crippen LogP contribution in [-0.4, -0.2) is 131 Å². The normalized spacial score (nSPS) is 18.5. The average Bonchev–Trinajstić information content (AvgIpc) is 3.93. The number of H-pyrrole nitrogens is 1. The fourth-order valence-corrected chi connectivity index (χ4v) is 8.89. The number of carbonyl (C=O) groups excluding carboxylic acids is 1. The number of hydrogen-bond acceptors (Lipinski definition) is 11. The maximum Gasteiger partial charge on any atom is 0.407 e. The number of aromatic amines is 1. The summed E-state index contributed by atoms with van der Waals surface area (Å²) in [4.78, 5) is 21.0. The number of aliphatic hydroxyl groups is 1. The lowest BCUT2D eigenvalue weighted by molar-refractivity contribution is -0.0319. The van der Waals surface area contributed by atoms with Gasteiger partial charge in [0.2, 0.25) is 0 Å². The maximum absolute atomic E-state index is 12.9. The maximum atomic E-state index is 12.9. The number of methoxy groups -OCH3 is 3.